The maximum absolute atomic E-state index is 9.52. The van der Waals surface area contributed by atoms with Crippen LogP contribution < -0.4 is 4.74 Å². The predicted octanol–water partition coefficient (Wildman–Crippen LogP) is 2.48. The standard InChI is InChI=1S/C15H13N5O/c1-2-9-21-15-12(10-16)14(20-17-7-8-18-20)11-5-3-4-6-13(11)19-15/h3-8H,2,9H2,1H3. The van der Waals surface area contributed by atoms with Gasteiger partial charge in [-0.25, -0.2) is 4.98 Å². The quantitative estimate of drug-likeness (QED) is 0.733. The lowest BCUT2D eigenvalue weighted by molar-refractivity contribution is 0.305. The van der Waals surface area contributed by atoms with Crippen molar-refractivity contribution in [1.29, 1.82) is 5.26 Å². The van der Waals surface area contributed by atoms with E-state index in [0.29, 0.717) is 23.7 Å². The normalized spacial score (nSPS) is 10.5. The Labute approximate surface area is 121 Å². The van der Waals surface area contributed by atoms with Gasteiger partial charge >= 0.3 is 0 Å². The van der Waals surface area contributed by atoms with E-state index in [2.05, 4.69) is 21.3 Å². The van der Waals surface area contributed by atoms with Gasteiger partial charge in [-0.05, 0) is 12.5 Å². The summed E-state index contributed by atoms with van der Waals surface area (Å²) in [5, 5.41) is 18.6. The second-order valence-electron chi connectivity index (χ2n) is 4.44. The molecule has 104 valence electrons. The molecule has 0 fully saturated rings. The maximum atomic E-state index is 9.52. The highest BCUT2D eigenvalue weighted by molar-refractivity contribution is 5.90. The van der Waals surface area contributed by atoms with E-state index in [9.17, 15) is 5.26 Å². The molecule has 0 aliphatic rings. The number of ether oxygens (including phenoxy) is 1. The zero-order valence-electron chi connectivity index (χ0n) is 11.5. The predicted molar refractivity (Wildman–Crippen MR) is 77.2 cm³/mol. The summed E-state index contributed by atoms with van der Waals surface area (Å²) in [6.45, 7) is 2.51. The molecule has 2 aromatic heterocycles. The Hall–Kier alpha value is -2.94. The maximum Gasteiger partial charge on any atom is 0.234 e. The van der Waals surface area contributed by atoms with Crippen LogP contribution in [0.15, 0.2) is 36.7 Å². The van der Waals surface area contributed by atoms with Crippen LogP contribution in [0.3, 0.4) is 0 Å². The van der Waals surface area contributed by atoms with Gasteiger partial charge in [-0.2, -0.15) is 15.5 Å². The van der Waals surface area contributed by atoms with Gasteiger partial charge in [0.2, 0.25) is 5.88 Å². The highest BCUT2D eigenvalue weighted by atomic mass is 16.5. The molecular weight excluding hydrogens is 266 g/mol. The summed E-state index contributed by atoms with van der Waals surface area (Å²) in [6.07, 6.45) is 3.99. The molecule has 0 N–H and O–H groups in total. The zero-order valence-corrected chi connectivity index (χ0v) is 11.5. The highest BCUT2D eigenvalue weighted by Gasteiger charge is 2.18. The molecule has 0 spiro atoms. The molecule has 3 rings (SSSR count). The third kappa shape index (κ3) is 2.30. The highest BCUT2D eigenvalue weighted by Crippen LogP contribution is 2.29. The summed E-state index contributed by atoms with van der Waals surface area (Å²) in [4.78, 5) is 5.87. The Morgan fingerprint density at radius 3 is 2.71 bits per heavy atom. The van der Waals surface area contributed by atoms with Crippen LogP contribution in [0.2, 0.25) is 0 Å². The fraction of sp³-hybridized carbons (Fsp3) is 0.200. The summed E-state index contributed by atoms with van der Waals surface area (Å²) >= 11 is 0. The minimum absolute atomic E-state index is 0.324. The summed E-state index contributed by atoms with van der Waals surface area (Å²) < 4.78 is 5.62. The molecular formula is C15H13N5O. The molecule has 0 unspecified atom stereocenters. The van der Waals surface area contributed by atoms with Gasteiger partial charge in [-0.15, -0.1) is 4.80 Å². The van der Waals surface area contributed by atoms with Crippen molar-refractivity contribution in [2.45, 2.75) is 13.3 Å². The van der Waals surface area contributed by atoms with Crippen LogP contribution in [-0.2, 0) is 0 Å². The van der Waals surface area contributed by atoms with Crippen LogP contribution in [0.5, 0.6) is 5.88 Å². The van der Waals surface area contributed by atoms with Crippen molar-refractivity contribution in [3.05, 3.63) is 42.2 Å². The first-order valence-electron chi connectivity index (χ1n) is 6.67. The molecule has 2 heterocycles. The molecule has 0 atom stereocenters. The van der Waals surface area contributed by atoms with Crippen LogP contribution in [-0.4, -0.2) is 26.6 Å². The first-order valence-corrected chi connectivity index (χ1v) is 6.67. The van der Waals surface area contributed by atoms with Crippen molar-refractivity contribution in [1.82, 2.24) is 20.0 Å². The van der Waals surface area contributed by atoms with Crippen molar-refractivity contribution in [3.8, 4) is 17.6 Å². The summed E-state index contributed by atoms with van der Waals surface area (Å²) in [5.41, 5.74) is 1.69. The molecule has 3 aromatic rings. The molecule has 21 heavy (non-hydrogen) atoms. The number of hydrogen-bond acceptors (Lipinski definition) is 5. The average molecular weight is 279 g/mol. The van der Waals surface area contributed by atoms with Crippen molar-refractivity contribution in [2.75, 3.05) is 6.61 Å². The van der Waals surface area contributed by atoms with Gasteiger partial charge in [0.25, 0.3) is 0 Å². The first kappa shape index (κ1) is 13.1. The number of nitriles is 1. The van der Waals surface area contributed by atoms with E-state index >= 15 is 0 Å². The van der Waals surface area contributed by atoms with Crippen LogP contribution >= 0.6 is 0 Å². The Kier molecular flexibility index (Phi) is 3.48. The van der Waals surface area contributed by atoms with Gasteiger partial charge < -0.3 is 4.74 Å². The van der Waals surface area contributed by atoms with Crippen molar-refractivity contribution in [3.63, 3.8) is 0 Å². The molecule has 1 aromatic carbocycles. The average Bonchev–Trinajstić information content (AvgIpc) is 3.05. The number of nitrogens with zero attached hydrogens (tertiary/aromatic N) is 5. The summed E-state index contributed by atoms with van der Waals surface area (Å²) in [5.74, 6) is 0.324. The van der Waals surface area contributed by atoms with Gasteiger partial charge in [0.15, 0.2) is 0 Å². The first-order chi connectivity index (χ1) is 10.3. The molecule has 0 aliphatic heterocycles. The fourth-order valence-electron chi connectivity index (χ4n) is 2.12. The molecule has 0 radical (unpaired) electrons. The number of benzene rings is 1. The van der Waals surface area contributed by atoms with Crippen LogP contribution in [0.25, 0.3) is 16.6 Å². The van der Waals surface area contributed by atoms with E-state index in [-0.39, 0.29) is 0 Å². The van der Waals surface area contributed by atoms with Crippen molar-refractivity contribution >= 4 is 10.9 Å². The third-order valence-corrected chi connectivity index (χ3v) is 3.01. The fourth-order valence-corrected chi connectivity index (χ4v) is 2.12. The van der Waals surface area contributed by atoms with Crippen molar-refractivity contribution in [2.24, 2.45) is 0 Å². The van der Waals surface area contributed by atoms with E-state index in [0.717, 1.165) is 17.3 Å². The number of fused-ring (bicyclic) bond motifs is 1. The summed E-state index contributed by atoms with van der Waals surface area (Å²) in [7, 11) is 0. The van der Waals surface area contributed by atoms with Crippen molar-refractivity contribution < 1.29 is 4.74 Å². The monoisotopic (exact) mass is 279 g/mol. The lowest BCUT2D eigenvalue weighted by Gasteiger charge is -2.12. The van der Waals surface area contributed by atoms with Crippen LogP contribution in [0.1, 0.15) is 18.9 Å². The number of aromatic nitrogens is 4. The van der Waals surface area contributed by atoms with E-state index in [1.165, 1.54) is 4.80 Å². The lowest BCUT2D eigenvalue weighted by atomic mass is 10.1. The molecule has 0 amide bonds. The number of pyridine rings is 1. The summed E-state index contributed by atoms with van der Waals surface area (Å²) in [6, 6.07) is 9.72. The van der Waals surface area contributed by atoms with Gasteiger partial charge in [0.05, 0.1) is 24.5 Å². The second-order valence-corrected chi connectivity index (χ2v) is 4.44. The molecule has 0 saturated heterocycles. The number of para-hydroxylation sites is 1. The third-order valence-electron chi connectivity index (χ3n) is 3.01. The molecule has 0 bridgehead atoms. The molecule has 6 nitrogen and oxygen atoms in total. The van der Waals surface area contributed by atoms with E-state index < -0.39 is 0 Å². The van der Waals surface area contributed by atoms with E-state index in [1.54, 1.807) is 12.4 Å². The van der Waals surface area contributed by atoms with E-state index in [1.807, 2.05) is 31.2 Å². The van der Waals surface area contributed by atoms with Gasteiger partial charge in [0.1, 0.15) is 17.3 Å². The minimum atomic E-state index is 0.324. The van der Waals surface area contributed by atoms with Gasteiger partial charge in [-0.3, -0.25) is 0 Å². The minimum Gasteiger partial charge on any atom is -0.477 e. The largest absolute Gasteiger partial charge is 0.477 e. The smallest absolute Gasteiger partial charge is 0.234 e. The Balaban J connectivity index is 2.33. The Morgan fingerprint density at radius 2 is 2.00 bits per heavy atom. The lowest BCUT2D eigenvalue weighted by Crippen LogP contribution is -2.07. The number of rotatable bonds is 4. The van der Waals surface area contributed by atoms with Crippen LogP contribution in [0.4, 0.5) is 0 Å². The second kappa shape index (κ2) is 5.59. The SMILES string of the molecule is CCCOc1nc2ccccc2c(-n2nccn2)c1C#N. The van der Waals surface area contributed by atoms with Gasteiger partial charge in [-0.1, -0.05) is 25.1 Å². The number of hydrogen-bond donors (Lipinski definition) is 0. The topological polar surface area (TPSA) is 76.6 Å². The van der Waals surface area contributed by atoms with Gasteiger partial charge in [0, 0.05) is 5.39 Å². The van der Waals surface area contributed by atoms with E-state index in [4.69, 9.17) is 4.74 Å². The molecule has 0 aliphatic carbocycles. The Morgan fingerprint density at radius 1 is 1.24 bits per heavy atom. The zero-order chi connectivity index (χ0) is 14.7. The molecule has 6 heteroatoms. The molecule has 0 saturated carbocycles. The van der Waals surface area contributed by atoms with Crippen LogP contribution in [0, 0.1) is 11.3 Å². The Bertz CT molecular complexity index is 805.